The topological polar surface area (TPSA) is 111 Å². The molecule has 0 aliphatic rings. The van der Waals surface area contributed by atoms with Crippen molar-refractivity contribution in [2.75, 3.05) is 34.3 Å². The normalized spacial score (nSPS) is 11.8. The lowest BCUT2D eigenvalue weighted by molar-refractivity contribution is -0.873. The van der Waals surface area contributed by atoms with E-state index in [-0.39, 0.29) is 30.4 Å². The highest BCUT2D eigenvalue weighted by Gasteiger charge is 2.24. The van der Waals surface area contributed by atoms with E-state index >= 15 is 0 Å². The van der Waals surface area contributed by atoms with Gasteiger partial charge < -0.3 is 24.6 Å². The second-order valence-corrected chi connectivity index (χ2v) is 15.4. The Morgan fingerprint density at radius 1 is 0.509 bits per heavy atom. The Hall–Kier alpha value is -3.72. The number of hydrogen-bond acceptors (Lipinski definition) is 6. The first-order valence-corrected chi connectivity index (χ1v) is 20.4. The summed E-state index contributed by atoms with van der Waals surface area (Å²) in [5.74, 6) is -0.230. The molecular weight excluding hydrogens is 666 g/mol. The second-order valence-electron chi connectivity index (χ2n) is 15.4. The number of carbonyl (C=O) groups is 4. The first-order valence-electron chi connectivity index (χ1n) is 20.4. The molecule has 2 aromatic rings. The number of nitrogens with zero attached hydrogens (tertiary/aromatic N) is 1. The maximum Gasteiger partial charge on any atom is 0.306 e. The number of carbonyl (C=O) groups excluding carboxylic acids is 4. The van der Waals surface area contributed by atoms with Crippen molar-refractivity contribution in [2.45, 2.75) is 148 Å². The SMILES string of the molecule is C[N+](C)(C)CC(COC(=O)CCCCCCCCCCC(=O)NCc1ccccc1)OC(=O)CCCCCCCCCCC(=O)NCc1ccccc1. The first-order chi connectivity index (χ1) is 25.6. The zero-order valence-corrected chi connectivity index (χ0v) is 33.2. The molecule has 9 nitrogen and oxygen atoms in total. The van der Waals surface area contributed by atoms with Crippen LogP contribution in [0.25, 0.3) is 0 Å². The monoisotopic (exact) mass is 737 g/mol. The summed E-state index contributed by atoms with van der Waals surface area (Å²) in [5.41, 5.74) is 2.23. The largest absolute Gasteiger partial charge is 0.461 e. The van der Waals surface area contributed by atoms with Gasteiger partial charge in [0.05, 0.1) is 21.1 Å². The van der Waals surface area contributed by atoms with Crippen LogP contribution in [0.1, 0.15) is 140 Å². The molecule has 0 aliphatic heterocycles. The van der Waals surface area contributed by atoms with Gasteiger partial charge in [0.15, 0.2) is 6.10 Å². The van der Waals surface area contributed by atoms with Crippen LogP contribution in [0.3, 0.4) is 0 Å². The summed E-state index contributed by atoms with van der Waals surface area (Å²) < 4.78 is 11.9. The van der Waals surface area contributed by atoms with Crippen LogP contribution in [0.4, 0.5) is 0 Å². The average Bonchev–Trinajstić information content (AvgIpc) is 3.13. The van der Waals surface area contributed by atoms with E-state index in [0.29, 0.717) is 49.8 Å². The summed E-state index contributed by atoms with van der Waals surface area (Å²) in [6.07, 6.45) is 17.9. The van der Waals surface area contributed by atoms with Crippen molar-refractivity contribution < 1.29 is 33.1 Å². The number of ether oxygens (including phenoxy) is 2. The van der Waals surface area contributed by atoms with Gasteiger partial charge in [-0.05, 0) is 36.8 Å². The fourth-order valence-electron chi connectivity index (χ4n) is 6.24. The van der Waals surface area contributed by atoms with Crippen molar-refractivity contribution in [3.8, 4) is 0 Å². The maximum absolute atomic E-state index is 12.6. The first kappa shape index (κ1) is 45.4. The lowest BCUT2D eigenvalue weighted by Gasteiger charge is -2.28. The number of rotatable bonds is 31. The number of benzene rings is 2. The molecule has 2 aromatic carbocycles. The Labute approximate surface area is 320 Å². The molecule has 0 aromatic heterocycles. The van der Waals surface area contributed by atoms with Crippen LogP contribution < -0.4 is 10.6 Å². The summed E-state index contributed by atoms with van der Waals surface area (Å²) in [5, 5.41) is 5.97. The smallest absolute Gasteiger partial charge is 0.306 e. The van der Waals surface area contributed by atoms with E-state index in [1.54, 1.807) is 0 Å². The van der Waals surface area contributed by atoms with E-state index in [9.17, 15) is 19.2 Å². The van der Waals surface area contributed by atoms with E-state index in [4.69, 9.17) is 9.47 Å². The van der Waals surface area contributed by atoms with Gasteiger partial charge in [-0.2, -0.15) is 0 Å². The van der Waals surface area contributed by atoms with Gasteiger partial charge in [0.25, 0.3) is 0 Å². The summed E-state index contributed by atoms with van der Waals surface area (Å²) in [4.78, 5) is 49.1. The highest BCUT2D eigenvalue weighted by atomic mass is 16.6. The number of unbranched alkanes of at least 4 members (excludes halogenated alkanes) is 14. The zero-order chi connectivity index (χ0) is 38.4. The molecule has 1 unspecified atom stereocenters. The number of esters is 2. The number of amides is 2. The molecule has 0 saturated carbocycles. The molecule has 0 radical (unpaired) electrons. The van der Waals surface area contributed by atoms with Gasteiger partial charge >= 0.3 is 11.9 Å². The molecule has 2 amide bonds. The van der Waals surface area contributed by atoms with Gasteiger partial charge in [0, 0.05) is 38.8 Å². The molecule has 2 N–H and O–H groups in total. The summed E-state index contributed by atoms with van der Waals surface area (Å²) in [6, 6.07) is 19.9. The van der Waals surface area contributed by atoms with Crippen molar-refractivity contribution in [2.24, 2.45) is 0 Å². The quantitative estimate of drug-likeness (QED) is 0.0456. The molecule has 0 fully saturated rings. The molecule has 0 heterocycles. The summed E-state index contributed by atoms with van der Waals surface area (Å²) >= 11 is 0. The standard InChI is InChI=1S/C44H69N3O6/c1-47(2,3)36-40(53-44(51)33-25-15-11-7-5-9-13-23-31-42(49)46-35-39-28-20-17-21-29-39)37-52-43(50)32-24-14-10-6-4-8-12-22-30-41(48)45-34-38-26-18-16-19-27-38/h16-21,26-29,40H,4-15,22-25,30-37H2,1-3H3,(H-,45,46,48,49)/p+1. The van der Waals surface area contributed by atoms with E-state index in [0.717, 1.165) is 114 Å². The van der Waals surface area contributed by atoms with Crippen LogP contribution >= 0.6 is 0 Å². The van der Waals surface area contributed by atoms with Gasteiger partial charge in [-0.15, -0.1) is 0 Å². The fraction of sp³-hybridized carbons (Fsp3) is 0.636. The predicted molar refractivity (Wildman–Crippen MR) is 213 cm³/mol. The molecule has 0 spiro atoms. The zero-order valence-electron chi connectivity index (χ0n) is 33.2. The average molecular weight is 737 g/mol. The summed E-state index contributed by atoms with van der Waals surface area (Å²) in [7, 11) is 6.11. The molecule has 2 rings (SSSR count). The summed E-state index contributed by atoms with van der Waals surface area (Å²) in [6.45, 7) is 1.84. The molecular formula is C44H70N3O6+. The van der Waals surface area contributed by atoms with Crippen LogP contribution in [0.2, 0.25) is 0 Å². The van der Waals surface area contributed by atoms with Gasteiger partial charge in [-0.3, -0.25) is 19.2 Å². The molecule has 9 heteroatoms. The number of hydrogen-bond donors (Lipinski definition) is 2. The Kier molecular flexibility index (Phi) is 24.6. The third-order valence-electron chi connectivity index (χ3n) is 9.21. The van der Waals surface area contributed by atoms with Crippen molar-refractivity contribution in [1.29, 1.82) is 0 Å². The Bertz CT molecular complexity index is 1260. The minimum atomic E-state index is -0.457. The second kappa shape index (κ2) is 28.7. The van der Waals surface area contributed by atoms with Crippen LogP contribution in [-0.4, -0.2) is 68.6 Å². The highest BCUT2D eigenvalue weighted by molar-refractivity contribution is 5.76. The lowest BCUT2D eigenvalue weighted by Crippen LogP contribution is -2.45. The molecule has 0 saturated heterocycles. The van der Waals surface area contributed by atoms with Gasteiger partial charge in [-0.25, -0.2) is 0 Å². The molecule has 296 valence electrons. The third-order valence-corrected chi connectivity index (χ3v) is 9.21. The van der Waals surface area contributed by atoms with Crippen molar-refractivity contribution in [1.82, 2.24) is 10.6 Å². The van der Waals surface area contributed by atoms with E-state index in [1.165, 1.54) is 0 Å². The minimum Gasteiger partial charge on any atom is -0.461 e. The van der Waals surface area contributed by atoms with Gasteiger partial charge in [0.2, 0.25) is 11.8 Å². The molecule has 53 heavy (non-hydrogen) atoms. The number of nitrogens with one attached hydrogen (secondary N) is 2. The van der Waals surface area contributed by atoms with Crippen LogP contribution in [-0.2, 0) is 41.7 Å². The number of quaternary nitrogens is 1. The Balaban J connectivity index is 1.42. The molecule has 0 aliphatic carbocycles. The van der Waals surface area contributed by atoms with Crippen LogP contribution in [0.15, 0.2) is 60.7 Å². The van der Waals surface area contributed by atoms with E-state index in [2.05, 4.69) is 10.6 Å². The van der Waals surface area contributed by atoms with Crippen LogP contribution in [0, 0.1) is 0 Å². The van der Waals surface area contributed by atoms with Crippen molar-refractivity contribution in [3.63, 3.8) is 0 Å². The van der Waals surface area contributed by atoms with Crippen molar-refractivity contribution >= 4 is 23.8 Å². The van der Waals surface area contributed by atoms with Gasteiger partial charge in [-0.1, -0.05) is 138 Å². The van der Waals surface area contributed by atoms with E-state index < -0.39 is 6.10 Å². The molecule has 0 bridgehead atoms. The van der Waals surface area contributed by atoms with Crippen molar-refractivity contribution in [3.05, 3.63) is 71.8 Å². The fourth-order valence-corrected chi connectivity index (χ4v) is 6.24. The predicted octanol–water partition coefficient (Wildman–Crippen LogP) is 8.58. The number of likely N-dealkylation sites (N-methyl/N-ethyl adjacent to an activating group) is 1. The highest BCUT2D eigenvalue weighted by Crippen LogP contribution is 2.14. The van der Waals surface area contributed by atoms with E-state index in [1.807, 2.05) is 81.8 Å². The Morgan fingerprint density at radius 3 is 1.26 bits per heavy atom. The third kappa shape index (κ3) is 26.7. The van der Waals surface area contributed by atoms with Crippen LogP contribution in [0.5, 0.6) is 0 Å². The molecule has 1 atom stereocenters. The van der Waals surface area contributed by atoms with Gasteiger partial charge in [0.1, 0.15) is 13.2 Å². The Morgan fingerprint density at radius 2 is 0.868 bits per heavy atom. The maximum atomic E-state index is 12.6. The minimum absolute atomic E-state index is 0.0963. The lowest BCUT2D eigenvalue weighted by atomic mass is 10.1.